The Balaban J connectivity index is 1.79. The molecule has 0 saturated heterocycles. The first-order valence-corrected chi connectivity index (χ1v) is 7.42. The van der Waals surface area contributed by atoms with Crippen LogP contribution in [0.5, 0.6) is 5.75 Å². The molecule has 114 valence electrons. The van der Waals surface area contributed by atoms with Gasteiger partial charge >= 0.3 is 0 Å². The lowest BCUT2D eigenvalue weighted by Crippen LogP contribution is -2.04. The van der Waals surface area contributed by atoms with Crippen LogP contribution in [-0.2, 0) is 17.8 Å². The smallest absolute Gasteiger partial charge is 0.119 e. The Labute approximate surface area is 126 Å². The Kier molecular flexibility index (Phi) is 6.16. The highest BCUT2D eigenvalue weighted by atomic mass is 16.5. The molecule has 2 aromatic rings. The highest BCUT2D eigenvalue weighted by Crippen LogP contribution is 2.16. The van der Waals surface area contributed by atoms with Crippen LogP contribution in [0.25, 0.3) is 0 Å². The largest absolute Gasteiger partial charge is 0.491 e. The standard InChI is InChI=1S/C17H24N2O2/c1-3-9-19-10-8-15(14-19)13-18-16-4-6-17(7-5-16)21-12-11-20-2/h4-8,10,14,18H,3,9,11-13H2,1-2H3. The normalized spacial score (nSPS) is 10.6. The van der Waals surface area contributed by atoms with Crippen LogP contribution in [-0.4, -0.2) is 24.9 Å². The second-order valence-electron chi connectivity index (χ2n) is 4.98. The van der Waals surface area contributed by atoms with Gasteiger partial charge in [-0.05, 0) is 42.3 Å². The second kappa shape index (κ2) is 8.37. The zero-order chi connectivity index (χ0) is 14.9. The summed E-state index contributed by atoms with van der Waals surface area (Å²) in [5, 5.41) is 3.42. The highest BCUT2D eigenvalue weighted by molar-refractivity contribution is 5.46. The number of ether oxygens (including phenoxy) is 2. The van der Waals surface area contributed by atoms with Gasteiger partial charge in [-0.1, -0.05) is 6.92 Å². The Morgan fingerprint density at radius 2 is 1.90 bits per heavy atom. The fourth-order valence-electron chi connectivity index (χ4n) is 2.11. The first-order chi connectivity index (χ1) is 10.3. The minimum atomic E-state index is 0.578. The molecule has 0 amide bonds. The van der Waals surface area contributed by atoms with E-state index in [1.165, 1.54) is 5.56 Å². The van der Waals surface area contributed by atoms with Crippen molar-refractivity contribution < 1.29 is 9.47 Å². The van der Waals surface area contributed by atoms with Crippen molar-refractivity contribution >= 4 is 5.69 Å². The summed E-state index contributed by atoms with van der Waals surface area (Å²) in [6.45, 7) is 5.28. The number of benzene rings is 1. The fourth-order valence-corrected chi connectivity index (χ4v) is 2.11. The molecule has 4 nitrogen and oxygen atoms in total. The van der Waals surface area contributed by atoms with E-state index < -0.39 is 0 Å². The third-order valence-electron chi connectivity index (χ3n) is 3.20. The summed E-state index contributed by atoms with van der Waals surface area (Å²) in [6.07, 6.45) is 5.48. The zero-order valence-electron chi connectivity index (χ0n) is 12.8. The van der Waals surface area contributed by atoms with Crippen LogP contribution in [0, 0.1) is 0 Å². The molecular weight excluding hydrogens is 264 g/mol. The number of anilines is 1. The van der Waals surface area contributed by atoms with Crippen molar-refractivity contribution in [2.45, 2.75) is 26.4 Å². The van der Waals surface area contributed by atoms with Crippen molar-refractivity contribution in [2.75, 3.05) is 25.6 Å². The van der Waals surface area contributed by atoms with Gasteiger partial charge in [-0.3, -0.25) is 0 Å². The van der Waals surface area contributed by atoms with E-state index in [1.807, 2.05) is 24.3 Å². The van der Waals surface area contributed by atoms with E-state index >= 15 is 0 Å². The lowest BCUT2D eigenvalue weighted by atomic mass is 10.3. The average molecular weight is 288 g/mol. The molecule has 2 rings (SSSR count). The van der Waals surface area contributed by atoms with Gasteiger partial charge in [0.25, 0.3) is 0 Å². The van der Waals surface area contributed by atoms with Crippen molar-refractivity contribution in [1.82, 2.24) is 4.57 Å². The predicted octanol–water partition coefficient (Wildman–Crippen LogP) is 3.54. The van der Waals surface area contributed by atoms with E-state index in [0.29, 0.717) is 13.2 Å². The molecule has 0 fully saturated rings. The van der Waals surface area contributed by atoms with Crippen LogP contribution in [0.15, 0.2) is 42.7 Å². The number of aromatic nitrogens is 1. The van der Waals surface area contributed by atoms with Gasteiger partial charge in [0.2, 0.25) is 0 Å². The van der Waals surface area contributed by atoms with Crippen molar-refractivity contribution in [3.63, 3.8) is 0 Å². The molecule has 1 aromatic carbocycles. The molecular formula is C17H24N2O2. The maximum absolute atomic E-state index is 5.54. The van der Waals surface area contributed by atoms with Gasteiger partial charge in [-0.2, -0.15) is 0 Å². The third kappa shape index (κ3) is 5.16. The van der Waals surface area contributed by atoms with Crippen LogP contribution in [0.1, 0.15) is 18.9 Å². The molecule has 21 heavy (non-hydrogen) atoms. The molecule has 1 N–H and O–H groups in total. The van der Waals surface area contributed by atoms with Crippen LogP contribution in [0.2, 0.25) is 0 Å². The lowest BCUT2D eigenvalue weighted by Gasteiger charge is -2.08. The summed E-state index contributed by atoms with van der Waals surface area (Å²) < 4.78 is 12.7. The third-order valence-corrected chi connectivity index (χ3v) is 3.20. The summed E-state index contributed by atoms with van der Waals surface area (Å²) >= 11 is 0. The number of hydrogen-bond acceptors (Lipinski definition) is 3. The van der Waals surface area contributed by atoms with Gasteiger partial charge in [-0.15, -0.1) is 0 Å². The van der Waals surface area contributed by atoms with E-state index in [0.717, 1.165) is 30.9 Å². The zero-order valence-corrected chi connectivity index (χ0v) is 12.8. The maximum atomic E-state index is 5.54. The monoisotopic (exact) mass is 288 g/mol. The van der Waals surface area contributed by atoms with E-state index in [9.17, 15) is 0 Å². The molecule has 1 heterocycles. The van der Waals surface area contributed by atoms with Gasteiger partial charge in [-0.25, -0.2) is 0 Å². The molecule has 4 heteroatoms. The Morgan fingerprint density at radius 1 is 1.10 bits per heavy atom. The number of methoxy groups -OCH3 is 1. The highest BCUT2D eigenvalue weighted by Gasteiger charge is 1.98. The number of hydrogen-bond donors (Lipinski definition) is 1. The van der Waals surface area contributed by atoms with Gasteiger partial charge in [0, 0.05) is 38.3 Å². The van der Waals surface area contributed by atoms with E-state index in [4.69, 9.17) is 9.47 Å². The molecule has 0 aliphatic rings. The SMILES string of the molecule is CCCn1ccc(CNc2ccc(OCCOC)cc2)c1. The molecule has 1 aromatic heterocycles. The van der Waals surface area contributed by atoms with Crippen molar-refractivity contribution in [3.8, 4) is 5.75 Å². The van der Waals surface area contributed by atoms with Gasteiger partial charge in [0.15, 0.2) is 0 Å². The summed E-state index contributed by atoms with van der Waals surface area (Å²) in [6, 6.07) is 10.2. The fraction of sp³-hybridized carbons (Fsp3) is 0.412. The van der Waals surface area contributed by atoms with Crippen molar-refractivity contribution in [2.24, 2.45) is 0 Å². The number of nitrogens with zero attached hydrogens (tertiary/aromatic N) is 1. The molecule has 0 unspecified atom stereocenters. The Morgan fingerprint density at radius 3 is 2.62 bits per heavy atom. The number of nitrogens with one attached hydrogen (secondary N) is 1. The van der Waals surface area contributed by atoms with E-state index in [1.54, 1.807) is 7.11 Å². The molecule has 0 radical (unpaired) electrons. The quantitative estimate of drug-likeness (QED) is 0.717. The summed E-state index contributed by atoms with van der Waals surface area (Å²) in [5.41, 5.74) is 2.39. The predicted molar refractivity (Wildman–Crippen MR) is 85.9 cm³/mol. The van der Waals surface area contributed by atoms with Crippen LogP contribution in [0.4, 0.5) is 5.69 Å². The number of aryl methyl sites for hydroxylation is 1. The Hall–Kier alpha value is -1.94. The first kappa shape index (κ1) is 15.4. The molecule has 0 aliphatic carbocycles. The minimum Gasteiger partial charge on any atom is -0.491 e. The summed E-state index contributed by atoms with van der Waals surface area (Å²) in [7, 11) is 1.67. The van der Waals surface area contributed by atoms with Gasteiger partial charge < -0.3 is 19.4 Å². The summed E-state index contributed by atoms with van der Waals surface area (Å²) in [5.74, 6) is 0.867. The molecule has 0 bridgehead atoms. The average Bonchev–Trinajstić information content (AvgIpc) is 2.95. The van der Waals surface area contributed by atoms with Crippen LogP contribution < -0.4 is 10.1 Å². The number of rotatable bonds is 9. The topological polar surface area (TPSA) is 35.4 Å². The van der Waals surface area contributed by atoms with Crippen molar-refractivity contribution in [3.05, 3.63) is 48.3 Å². The molecule has 0 spiro atoms. The second-order valence-corrected chi connectivity index (χ2v) is 4.98. The van der Waals surface area contributed by atoms with E-state index in [-0.39, 0.29) is 0 Å². The lowest BCUT2D eigenvalue weighted by molar-refractivity contribution is 0.146. The first-order valence-electron chi connectivity index (χ1n) is 7.42. The molecule has 0 saturated carbocycles. The Bertz CT molecular complexity index is 520. The van der Waals surface area contributed by atoms with Gasteiger partial charge in [0.05, 0.1) is 6.61 Å². The molecule has 0 atom stereocenters. The van der Waals surface area contributed by atoms with Gasteiger partial charge in [0.1, 0.15) is 12.4 Å². The maximum Gasteiger partial charge on any atom is 0.119 e. The molecule has 0 aliphatic heterocycles. The van der Waals surface area contributed by atoms with E-state index in [2.05, 4.69) is 35.3 Å². The minimum absolute atomic E-state index is 0.578. The van der Waals surface area contributed by atoms with Crippen LogP contribution >= 0.6 is 0 Å². The van der Waals surface area contributed by atoms with Crippen molar-refractivity contribution in [1.29, 1.82) is 0 Å². The summed E-state index contributed by atoms with van der Waals surface area (Å²) in [4.78, 5) is 0. The van der Waals surface area contributed by atoms with Crippen LogP contribution in [0.3, 0.4) is 0 Å².